The molecule has 1 aromatic rings. The number of carboxylic acids is 1. The Kier molecular flexibility index (Phi) is 6.19. The third-order valence-electron chi connectivity index (χ3n) is 3.88. The SMILES string of the molecule is O=C(Nc1ccccc1OCCF)NC1CCC(C(=O)O)CC1. The largest absolute Gasteiger partial charge is 0.489 e. The van der Waals surface area contributed by atoms with Crippen LogP contribution in [0, 0.1) is 5.92 Å². The first-order valence-corrected chi connectivity index (χ1v) is 7.68. The summed E-state index contributed by atoms with van der Waals surface area (Å²) in [5, 5.41) is 14.5. The van der Waals surface area contributed by atoms with Crippen LogP contribution in [-0.2, 0) is 4.79 Å². The van der Waals surface area contributed by atoms with E-state index in [-0.39, 0.29) is 24.6 Å². The predicted molar refractivity (Wildman–Crippen MR) is 83.4 cm³/mol. The molecular weight excluding hydrogens is 303 g/mol. The molecule has 1 aliphatic carbocycles. The number of benzene rings is 1. The van der Waals surface area contributed by atoms with Gasteiger partial charge in [0.25, 0.3) is 0 Å². The minimum absolute atomic E-state index is 0.0375. The van der Waals surface area contributed by atoms with Crippen molar-refractivity contribution in [2.45, 2.75) is 31.7 Å². The molecule has 0 aliphatic heterocycles. The van der Waals surface area contributed by atoms with Crippen molar-refractivity contribution >= 4 is 17.7 Å². The number of para-hydroxylation sites is 2. The van der Waals surface area contributed by atoms with Crippen LogP contribution in [0.25, 0.3) is 0 Å². The van der Waals surface area contributed by atoms with Gasteiger partial charge in [-0.05, 0) is 37.8 Å². The molecule has 0 heterocycles. The topological polar surface area (TPSA) is 87.7 Å². The highest BCUT2D eigenvalue weighted by molar-refractivity contribution is 5.91. The number of ether oxygens (including phenoxy) is 1. The molecule has 0 saturated heterocycles. The number of rotatable bonds is 6. The Morgan fingerprint density at radius 1 is 1.22 bits per heavy atom. The molecule has 0 unspecified atom stereocenters. The molecule has 2 amide bonds. The van der Waals surface area contributed by atoms with E-state index in [4.69, 9.17) is 9.84 Å². The number of nitrogens with one attached hydrogen (secondary N) is 2. The van der Waals surface area contributed by atoms with E-state index in [2.05, 4.69) is 10.6 Å². The first kappa shape index (κ1) is 17.1. The molecule has 126 valence electrons. The van der Waals surface area contributed by atoms with Crippen LogP contribution in [0.3, 0.4) is 0 Å². The van der Waals surface area contributed by atoms with Crippen LogP contribution in [-0.4, -0.2) is 36.4 Å². The van der Waals surface area contributed by atoms with Crippen molar-refractivity contribution in [3.05, 3.63) is 24.3 Å². The van der Waals surface area contributed by atoms with Crippen molar-refractivity contribution in [1.82, 2.24) is 5.32 Å². The summed E-state index contributed by atoms with van der Waals surface area (Å²) in [5.41, 5.74) is 0.470. The van der Waals surface area contributed by atoms with Crippen LogP contribution in [0.1, 0.15) is 25.7 Å². The average Bonchev–Trinajstić information content (AvgIpc) is 2.54. The van der Waals surface area contributed by atoms with E-state index in [1.165, 1.54) is 0 Å². The van der Waals surface area contributed by atoms with Gasteiger partial charge in [0.1, 0.15) is 19.0 Å². The van der Waals surface area contributed by atoms with E-state index in [9.17, 15) is 14.0 Å². The smallest absolute Gasteiger partial charge is 0.319 e. The van der Waals surface area contributed by atoms with Gasteiger partial charge in [-0.2, -0.15) is 0 Å². The molecule has 23 heavy (non-hydrogen) atoms. The van der Waals surface area contributed by atoms with Crippen LogP contribution in [0.15, 0.2) is 24.3 Å². The second-order valence-corrected chi connectivity index (χ2v) is 5.52. The predicted octanol–water partition coefficient (Wildman–Crippen LogP) is 2.80. The number of carboxylic acid groups (broad SMARTS) is 1. The summed E-state index contributed by atoms with van der Waals surface area (Å²) >= 11 is 0. The minimum atomic E-state index is -0.771. The maximum Gasteiger partial charge on any atom is 0.319 e. The van der Waals surface area contributed by atoms with Gasteiger partial charge in [0.2, 0.25) is 0 Å². The third kappa shape index (κ3) is 5.12. The maximum absolute atomic E-state index is 12.2. The van der Waals surface area contributed by atoms with Gasteiger partial charge < -0.3 is 20.5 Å². The second kappa shape index (κ2) is 8.36. The van der Waals surface area contributed by atoms with Crippen LogP contribution >= 0.6 is 0 Å². The van der Waals surface area contributed by atoms with E-state index < -0.39 is 12.6 Å². The summed E-state index contributed by atoms with van der Waals surface area (Å²) in [4.78, 5) is 23.0. The number of hydrogen-bond donors (Lipinski definition) is 3. The molecule has 1 fully saturated rings. The van der Waals surface area contributed by atoms with Crippen molar-refractivity contribution in [3.8, 4) is 5.75 Å². The molecule has 1 aliphatic rings. The third-order valence-corrected chi connectivity index (χ3v) is 3.88. The first-order valence-electron chi connectivity index (χ1n) is 7.68. The van der Waals surface area contributed by atoms with Crippen molar-refractivity contribution in [2.24, 2.45) is 5.92 Å². The zero-order valence-electron chi connectivity index (χ0n) is 12.8. The summed E-state index contributed by atoms with van der Waals surface area (Å²) in [6.45, 7) is -0.674. The van der Waals surface area contributed by atoms with Crippen molar-refractivity contribution in [2.75, 3.05) is 18.6 Å². The van der Waals surface area contributed by atoms with Crippen LogP contribution < -0.4 is 15.4 Å². The number of anilines is 1. The Morgan fingerprint density at radius 2 is 1.91 bits per heavy atom. The molecule has 0 atom stereocenters. The van der Waals surface area contributed by atoms with Crippen LogP contribution in [0.4, 0.5) is 14.9 Å². The summed E-state index contributed by atoms with van der Waals surface area (Å²) in [7, 11) is 0. The van der Waals surface area contributed by atoms with Gasteiger partial charge in [-0.15, -0.1) is 0 Å². The molecule has 6 nitrogen and oxygen atoms in total. The lowest BCUT2D eigenvalue weighted by molar-refractivity contribution is -0.142. The number of alkyl halides is 1. The van der Waals surface area contributed by atoms with Gasteiger partial charge in [0, 0.05) is 6.04 Å². The fourth-order valence-electron chi connectivity index (χ4n) is 2.67. The quantitative estimate of drug-likeness (QED) is 0.751. The van der Waals surface area contributed by atoms with Crippen molar-refractivity contribution in [3.63, 3.8) is 0 Å². The van der Waals surface area contributed by atoms with Crippen LogP contribution in [0.2, 0.25) is 0 Å². The van der Waals surface area contributed by atoms with E-state index in [1.807, 2.05) is 0 Å². The van der Waals surface area contributed by atoms with Gasteiger partial charge in [-0.1, -0.05) is 12.1 Å². The number of amides is 2. The van der Waals surface area contributed by atoms with Crippen molar-refractivity contribution in [1.29, 1.82) is 0 Å². The number of aliphatic carboxylic acids is 1. The highest BCUT2D eigenvalue weighted by Gasteiger charge is 2.26. The molecular formula is C16H21FN2O4. The Balaban J connectivity index is 1.85. The monoisotopic (exact) mass is 324 g/mol. The van der Waals surface area contributed by atoms with Gasteiger partial charge >= 0.3 is 12.0 Å². The van der Waals surface area contributed by atoms with Crippen molar-refractivity contribution < 1.29 is 23.8 Å². The van der Waals surface area contributed by atoms with E-state index >= 15 is 0 Å². The highest BCUT2D eigenvalue weighted by Crippen LogP contribution is 2.26. The summed E-state index contributed by atoms with van der Waals surface area (Å²) in [6.07, 6.45) is 2.42. The number of halogens is 1. The number of urea groups is 1. The molecule has 2 rings (SSSR count). The number of carbonyl (C=O) groups is 2. The lowest BCUT2D eigenvalue weighted by Crippen LogP contribution is -2.41. The van der Waals surface area contributed by atoms with Gasteiger partial charge in [-0.3, -0.25) is 4.79 Å². The Hall–Kier alpha value is -2.31. The second-order valence-electron chi connectivity index (χ2n) is 5.52. The average molecular weight is 324 g/mol. The minimum Gasteiger partial charge on any atom is -0.489 e. The summed E-state index contributed by atoms with van der Waals surface area (Å²) in [6, 6.07) is 6.40. The molecule has 7 heteroatoms. The number of hydrogen-bond acceptors (Lipinski definition) is 3. The zero-order valence-corrected chi connectivity index (χ0v) is 12.8. The molecule has 0 spiro atoms. The highest BCUT2D eigenvalue weighted by atomic mass is 19.1. The lowest BCUT2D eigenvalue weighted by atomic mass is 9.86. The molecule has 0 bridgehead atoms. The van der Waals surface area contributed by atoms with Gasteiger partial charge in [-0.25, -0.2) is 9.18 Å². The summed E-state index contributed by atoms with van der Waals surface area (Å²) in [5.74, 6) is -0.673. The zero-order chi connectivity index (χ0) is 16.7. The molecule has 0 radical (unpaired) electrons. The van der Waals surface area contributed by atoms with E-state index in [1.54, 1.807) is 24.3 Å². The molecule has 0 aromatic heterocycles. The van der Waals surface area contributed by atoms with Gasteiger partial charge in [0.05, 0.1) is 11.6 Å². The lowest BCUT2D eigenvalue weighted by Gasteiger charge is -2.27. The maximum atomic E-state index is 12.2. The van der Waals surface area contributed by atoms with Gasteiger partial charge in [0.15, 0.2) is 0 Å². The Bertz CT molecular complexity index is 545. The molecule has 1 aromatic carbocycles. The van der Waals surface area contributed by atoms with E-state index in [0.29, 0.717) is 37.1 Å². The first-order chi connectivity index (χ1) is 11.1. The Labute approximate surface area is 134 Å². The van der Waals surface area contributed by atoms with E-state index in [0.717, 1.165) is 0 Å². The number of carbonyl (C=O) groups excluding carboxylic acids is 1. The Morgan fingerprint density at radius 3 is 2.57 bits per heavy atom. The fraction of sp³-hybridized carbons (Fsp3) is 0.500. The van der Waals surface area contributed by atoms with Crippen LogP contribution in [0.5, 0.6) is 5.75 Å². The molecule has 3 N–H and O–H groups in total. The normalized spacial score (nSPS) is 20.6. The fourth-order valence-corrected chi connectivity index (χ4v) is 2.67. The standard InChI is InChI=1S/C16H21FN2O4/c17-9-10-23-14-4-2-1-3-13(14)19-16(22)18-12-7-5-11(6-8-12)15(20)21/h1-4,11-12H,5-10H2,(H,20,21)(H2,18,19,22). The molecule has 1 saturated carbocycles. The summed E-state index contributed by atoms with van der Waals surface area (Å²) < 4.78 is 17.4.